The van der Waals surface area contributed by atoms with Crippen molar-refractivity contribution in [2.75, 3.05) is 26.2 Å². The van der Waals surface area contributed by atoms with Crippen molar-refractivity contribution in [1.82, 2.24) is 15.2 Å². The fourth-order valence-electron chi connectivity index (χ4n) is 2.78. The Morgan fingerprint density at radius 2 is 2.17 bits per heavy atom. The minimum absolute atomic E-state index is 0.165. The molecule has 0 aliphatic carbocycles. The van der Waals surface area contributed by atoms with E-state index in [4.69, 9.17) is 5.73 Å². The van der Waals surface area contributed by atoms with Crippen molar-refractivity contribution >= 4 is 17.2 Å². The summed E-state index contributed by atoms with van der Waals surface area (Å²) in [6.07, 6.45) is 1.39. The zero-order valence-corrected chi connectivity index (χ0v) is 13.9. The van der Waals surface area contributed by atoms with Crippen molar-refractivity contribution in [3.63, 3.8) is 0 Å². The maximum Gasteiger partial charge on any atom is 0.228 e. The second-order valence-corrected chi connectivity index (χ2v) is 6.52. The molecule has 0 bridgehead atoms. The zero-order chi connectivity index (χ0) is 16.1. The molecule has 0 atom stereocenters. The van der Waals surface area contributed by atoms with Crippen molar-refractivity contribution in [2.24, 2.45) is 5.73 Å². The summed E-state index contributed by atoms with van der Waals surface area (Å²) in [6, 6.07) is 8.03. The van der Waals surface area contributed by atoms with Crippen LogP contribution in [0.15, 0.2) is 29.6 Å². The lowest BCUT2D eigenvalue weighted by Crippen LogP contribution is -2.35. The number of nitrogens with two attached hydrogens (primary N) is 1. The molecular weight excluding hydrogens is 308 g/mol. The molecule has 0 saturated carbocycles. The molecule has 2 heterocycles. The predicted molar refractivity (Wildman–Crippen MR) is 93.2 cm³/mol. The number of nitrogens with zero attached hydrogens (tertiary/aromatic N) is 2. The van der Waals surface area contributed by atoms with Gasteiger partial charge in [0.1, 0.15) is 5.01 Å². The minimum Gasteiger partial charge on any atom is -0.341 e. The molecule has 1 aliphatic rings. The number of carbonyl (C=O) groups excluding carboxylic acids is 1. The fraction of sp³-hybridized carbons (Fsp3) is 0.412. The highest BCUT2D eigenvalue weighted by Gasteiger charge is 2.17. The highest BCUT2D eigenvalue weighted by atomic mass is 32.1. The number of carbonyl (C=O) groups is 1. The van der Waals surface area contributed by atoms with Crippen LogP contribution in [0, 0.1) is 0 Å². The molecule has 5 nitrogen and oxygen atoms in total. The van der Waals surface area contributed by atoms with Crippen LogP contribution < -0.4 is 11.1 Å². The van der Waals surface area contributed by atoms with E-state index in [-0.39, 0.29) is 5.91 Å². The summed E-state index contributed by atoms with van der Waals surface area (Å²) < 4.78 is 0. The number of aromatic nitrogens is 1. The smallest absolute Gasteiger partial charge is 0.228 e. The van der Waals surface area contributed by atoms with E-state index < -0.39 is 0 Å². The van der Waals surface area contributed by atoms with Gasteiger partial charge in [-0.3, -0.25) is 4.79 Å². The monoisotopic (exact) mass is 330 g/mol. The fourth-order valence-corrected chi connectivity index (χ4v) is 3.66. The Bertz CT molecular complexity index is 662. The summed E-state index contributed by atoms with van der Waals surface area (Å²) in [5.74, 6) is 0.165. The summed E-state index contributed by atoms with van der Waals surface area (Å²) in [5.41, 5.74) is 8.79. The van der Waals surface area contributed by atoms with E-state index in [0.717, 1.165) is 54.4 Å². The SMILES string of the molecule is NCc1ccccc1-c1nc(CC(=O)N2CCCNCC2)cs1. The second kappa shape index (κ2) is 7.68. The van der Waals surface area contributed by atoms with Crippen molar-refractivity contribution in [3.8, 4) is 10.6 Å². The first-order valence-corrected chi connectivity index (χ1v) is 8.87. The topological polar surface area (TPSA) is 71.2 Å². The minimum atomic E-state index is 0.165. The molecule has 3 rings (SSSR count). The molecule has 122 valence electrons. The summed E-state index contributed by atoms with van der Waals surface area (Å²) in [7, 11) is 0. The standard InChI is InChI=1S/C17H22N4OS/c18-11-13-4-1-2-5-15(13)17-20-14(12-23-17)10-16(22)21-8-3-6-19-7-9-21/h1-2,4-5,12,19H,3,6-11,18H2. The van der Waals surface area contributed by atoms with Gasteiger partial charge in [-0.1, -0.05) is 24.3 Å². The Kier molecular flexibility index (Phi) is 5.38. The molecule has 6 heteroatoms. The molecular formula is C17H22N4OS. The maximum absolute atomic E-state index is 12.4. The molecule has 3 N–H and O–H groups in total. The molecule has 0 radical (unpaired) electrons. The molecule has 1 amide bonds. The third-order valence-corrected chi connectivity index (χ3v) is 4.97. The molecule has 1 saturated heterocycles. The van der Waals surface area contributed by atoms with Crippen LogP contribution in [-0.2, 0) is 17.8 Å². The van der Waals surface area contributed by atoms with Crippen LogP contribution >= 0.6 is 11.3 Å². The van der Waals surface area contributed by atoms with Gasteiger partial charge in [-0.05, 0) is 18.5 Å². The van der Waals surface area contributed by atoms with E-state index in [0.29, 0.717) is 13.0 Å². The van der Waals surface area contributed by atoms with Gasteiger partial charge >= 0.3 is 0 Å². The van der Waals surface area contributed by atoms with Crippen molar-refractivity contribution in [1.29, 1.82) is 0 Å². The molecule has 1 aromatic carbocycles. The number of hydrogen-bond acceptors (Lipinski definition) is 5. The van der Waals surface area contributed by atoms with E-state index in [1.807, 2.05) is 34.5 Å². The van der Waals surface area contributed by atoms with Crippen LogP contribution in [0.2, 0.25) is 0 Å². The van der Waals surface area contributed by atoms with Gasteiger partial charge in [-0.25, -0.2) is 4.98 Å². The average molecular weight is 330 g/mol. The van der Waals surface area contributed by atoms with Gasteiger partial charge in [0.05, 0.1) is 12.1 Å². The zero-order valence-electron chi connectivity index (χ0n) is 13.1. The van der Waals surface area contributed by atoms with Crippen LogP contribution in [0.3, 0.4) is 0 Å². The van der Waals surface area contributed by atoms with Crippen LogP contribution in [0.1, 0.15) is 17.7 Å². The Labute approximate surface area is 140 Å². The average Bonchev–Trinajstić information content (AvgIpc) is 2.86. The Hall–Kier alpha value is -1.76. The van der Waals surface area contributed by atoms with E-state index >= 15 is 0 Å². The van der Waals surface area contributed by atoms with Crippen molar-refractivity contribution in [2.45, 2.75) is 19.4 Å². The van der Waals surface area contributed by atoms with Crippen LogP contribution in [0.25, 0.3) is 10.6 Å². The second-order valence-electron chi connectivity index (χ2n) is 5.67. The number of thiazole rings is 1. The lowest BCUT2D eigenvalue weighted by atomic mass is 10.1. The summed E-state index contributed by atoms with van der Waals surface area (Å²) in [5, 5.41) is 6.23. The highest BCUT2D eigenvalue weighted by Crippen LogP contribution is 2.27. The van der Waals surface area contributed by atoms with Gasteiger partial charge in [0, 0.05) is 37.1 Å². The van der Waals surface area contributed by atoms with Crippen LogP contribution in [0.4, 0.5) is 0 Å². The maximum atomic E-state index is 12.4. The van der Waals surface area contributed by atoms with Crippen LogP contribution in [-0.4, -0.2) is 42.0 Å². The first-order valence-electron chi connectivity index (χ1n) is 7.99. The first kappa shape index (κ1) is 16.1. The normalized spacial score (nSPS) is 15.4. The van der Waals surface area contributed by atoms with Gasteiger partial charge in [0.15, 0.2) is 0 Å². The van der Waals surface area contributed by atoms with Gasteiger partial charge in [-0.15, -0.1) is 11.3 Å². The number of rotatable bonds is 4. The predicted octanol–water partition coefficient (Wildman–Crippen LogP) is 1.63. The lowest BCUT2D eigenvalue weighted by molar-refractivity contribution is -0.130. The molecule has 0 spiro atoms. The Balaban J connectivity index is 1.70. The van der Waals surface area contributed by atoms with Gasteiger partial charge in [0.25, 0.3) is 0 Å². The van der Waals surface area contributed by atoms with E-state index in [1.165, 1.54) is 0 Å². The van der Waals surface area contributed by atoms with Crippen molar-refractivity contribution in [3.05, 3.63) is 40.9 Å². The Morgan fingerprint density at radius 3 is 3.04 bits per heavy atom. The first-order chi connectivity index (χ1) is 11.3. The third-order valence-electron chi connectivity index (χ3n) is 4.04. The summed E-state index contributed by atoms with van der Waals surface area (Å²) in [4.78, 5) is 19.0. The number of nitrogens with one attached hydrogen (secondary N) is 1. The molecule has 2 aromatic rings. The number of benzene rings is 1. The number of hydrogen-bond donors (Lipinski definition) is 2. The third kappa shape index (κ3) is 3.96. The van der Waals surface area contributed by atoms with E-state index in [1.54, 1.807) is 11.3 Å². The van der Waals surface area contributed by atoms with Crippen LogP contribution in [0.5, 0.6) is 0 Å². The van der Waals surface area contributed by atoms with E-state index in [9.17, 15) is 4.79 Å². The quantitative estimate of drug-likeness (QED) is 0.894. The molecule has 1 aromatic heterocycles. The van der Waals surface area contributed by atoms with Crippen molar-refractivity contribution < 1.29 is 4.79 Å². The summed E-state index contributed by atoms with van der Waals surface area (Å²) in [6.45, 7) is 3.97. The lowest BCUT2D eigenvalue weighted by Gasteiger charge is -2.19. The molecule has 23 heavy (non-hydrogen) atoms. The number of amides is 1. The van der Waals surface area contributed by atoms with Gasteiger partial charge in [-0.2, -0.15) is 0 Å². The van der Waals surface area contributed by atoms with E-state index in [2.05, 4.69) is 10.3 Å². The largest absolute Gasteiger partial charge is 0.341 e. The molecule has 0 unspecified atom stereocenters. The highest BCUT2D eigenvalue weighted by molar-refractivity contribution is 7.13. The van der Waals surface area contributed by atoms with Gasteiger partial charge in [0.2, 0.25) is 5.91 Å². The Morgan fingerprint density at radius 1 is 1.30 bits per heavy atom. The summed E-state index contributed by atoms with van der Waals surface area (Å²) >= 11 is 1.58. The molecule has 1 aliphatic heterocycles. The molecule has 1 fully saturated rings. The van der Waals surface area contributed by atoms with Gasteiger partial charge < -0.3 is 16.0 Å².